The van der Waals surface area contributed by atoms with Crippen molar-refractivity contribution in [3.8, 4) is 5.75 Å². The first-order chi connectivity index (χ1) is 17.8. The Morgan fingerprint density at radius 1 is 0.861 bits per heavy atom. The van der Waals surface area contributed by atoms with Crippen LogP contribution < -0.4 is 10.1 Å². The van der Waals surface area contributed by atoms with E-state index in [9.17, 15) is 5.11 Å². The van der Waals surface area contributed by atoms with Crippen LogP contribution >= 0.6 is 0 Å². The van der Waals surface area contributed by atoms with E-state index in [-0.39, 0.29) is 6.10 Å². The molecule has 0 saturated carbocycles. The number of nitrogens with one attached hydrogen (secondary N) is 1. The van der Waals surface area contributed by atoms with Gasteiger partial charge in [-0.1, -0.05) is 78.9 Å². The molecule has 3 unspecified atom stereocenters. The molecule has 1 aliphatic rings. The van der Waals surface area contributed by atoms with Crippen LogP contribution in [0.2, 0.25) is 0 Å². The highest BCUT2D eigenvalue weighted by molar-refractivity contribution is 5.82. The minimum Gasteiger partial charge on any atom is -0.494 e. The number of benzene rings is 4. The lowest BCUT2D eigenvalue weighted by Gasteiger charge is -2.32. The molecule has 186 valence electrons. The molecule has 0 amide bonds. The maximum atomic E-state index is 10.3. The molecular weight excluding hydrogens is 446 g/mol. The molecule has 0 radical (unpaired) electrons. The summed E-state index contributed by atoms with van der Waals surface area (Å²) in [4.78, 5) is 0. The number of fused-ring (bicyclic) bond motifs is 1. The summed E-state index contributed by atoms with van der Waals surface area (Å²) in [5, 5.41) is 16.3. The molecule has 4 heteroatoms. The summed E-state index contributed by atoms with van der Waals surface area (Å²) in [5.41, 5.74) is 3.47. The summed E-state index contributed by atoms with van der Waals surface area (Å²) in [6, 6.07) is 33.3. The van der Waals surface area contributed by atoms with Crippen molar-refractivity contribution in [3.05, 3.63) is 114 Å². The van der Waals surface area contributed by atoms with Gasteiger partial charge in [0.2, 0.25) is 0 Å². The summed E-state index contributed by atoms with van der Waals surface area (Å²) in [7, 11) is 0. The average molecular weight is 482 g/mol. The summed E-state index contributed by atoms with van der Waals surface area (Å²) in [6.45, 7) is 3.07. The highest BCUT2D eigenvalue weighted by atomic mass is 16.5. The Labute approximate surface area is 213 Å². The molecule has 4 aromatic rings. The normalized spacial score (nSPS) is 18.7. The first-order valence-corrected chi connectivity index (χ1v) is 13.0. The topological polar surface area (TPSA) is 50.7 Å². The zero-order valence-corrected chi connectivity index (χ0v) is 20.7. The Hall–Kier alpha value is -3.18. The number of rotatable bonds is 10. The van der Waals surface area contributed by atoms with E-state index in [0.29, 0.717) is 25.6 Å². The molecule has 1 aliphatic heterocycles. The third-order valence-corrected chi connectivity index (χ3v) is 7.09. The molecule has 1 saturated heterocycles. The third-order valence-electron chi connectivity index (χ3n) is 7.09. The second kappa shape index (κ2) is 12.2. The summed E-state index contributed by atoms with van der Waals surface area (Å²) in [6.07, 6.45) is 2.24. The highest BCUT2D eigenvalue weighted by Crippen LogP contribution is 2.30. The standard InChI is InChI=1S/C32H35NO3/c34-31(27-8-2-1-3-9-27)11-6-20-35-29-16-14-26(15-17-29)30-18-19-33-22-32(30)36-23-24-12-13-25-7-4-5-10-28(25)21-24/h1-5,7-10,12-17,21,30-34H,6,11,18-20,22-23H2. The van der Waals surface area contributed by atoms with Crippen molar-refractivity contribution in [1.29, 1.82) is 0 Å². The SMILES string of the molecule is OC(CCCOc1ccc(C2CCNCC2OCc2ccc3ccccc3c2)cc1)c1ccccc1. The Balaban J connectivity index is 1.12. The molecule has 0 aliphatic carbocycles. The van der Waals surface area contributed by atoms with Crippen molar-refractivity contribution in [2.24, 2.45) is 0 Å². The number of aliphatic hydroxyl groups is 1. The van der Waals surface area contributed by atoms with E-state index >= 15 is 0 Å². The van der Waals surface area contributed by atoms with Gasteiger partial charge in [0.05, 0.1) is 25.4 Å². The molecule has 5 rings (SSSR count). The van der Waals surface area contributed by atoms with Crippen LogP contribution in [0, 0.1) is 0 Å². The van der Waals surface area contributed by atoms with Gasteiger partial charge in [-0.3, -0.25) is 0 Å². The van der Waals surface area contributed by atoms with E-state index in [1.807, 2.05) is 30.3 Å². The quantitative estimate of drug-likeness (QED) is 0.258. The summed E-state index contributed by atoms with van der Waals surface area (Å²) in [5.74, 6) is 1.23. The van der Waals surface area contributed by atoms with Gasteiger partial charge in [0.15, 0.2) is 0 Å². The van der Waals surface area contributed by atoms with E-state index in [1.165, 1.54) is 21.9 Å². The third kappa shape index (κ3) is 6.33. The summed E-state index contributed by atoms with van der Waals surface area (Å²) >= 11 is 0. The molecule has 4 aromatic carbocycles. The molecule has 1 heterocycles. The van der Waals surface area contributed by atoms with Gasteiger partial charge in [0.25, 0.3) is 0 Å². The van der Waals surface area contributed by atoms with Crippen LogP contribution in [0.3, 0.4) is 0 Å². The Bertz CT molecular complexity index is 1230. The van der Waals surface area contributed by atoms with Crippen molar-refractivity contribution in [2.45, 2.75) is 44.0 Å². The second-order valence-electron chi connectivity index (χ2n) is 9.62. The predicted octanol–water partition coefficient (Wildman–Crippen LogP) is 6.39. The van der Waals surface area contributed by atoms with E-state index in [1.54, 1.807) is 0 Å². The Morgan fingerprint density at radius 2 is 1.64 bits per heavy atom. The molecule has 36 heavy (non-hydrogen) atoms. The molecule has 2 N–H and O–H groups in total. The number of hydrogen-bond acceptors (Lipinski definition) is 4. The zero-order chi connectivity index (χ0) is 24.6. The van der Waals surface area contributed by atoms with E-state index in [0.717, 1.165) is 37.2 Å². The number of aliphatic hydroxyl groups excluding tert-OH is 1. The smallest absolute Gasteiger partial charge is 0.119 e. The van der Waals surface area contributed by atoms with Gasteiger partial charge < -0.3 is 19.9 Å². The van der Waals surface area contributed by atoms with Crippen molar-refractivity contribution < 1.29 is 14.6 Å². The number of hydrogen-bond donors (Lipinski definition) is 2. The maximum Gasteiger partial charge on any atom is 0.119 e. The lowest BCUT2D eigenvalue weighted by Crippen LogP contribution is -2.40. The van der Waals surface area contributed by atoms with E-state index in [4.69, 9.17) is 9.47 Å². The fraction of sp³-hybridized carbons (Fsp3) is 0.312. The van der Waals surface area contributed by atoms with Crippen molar-refractivity contribution >= 4 is 10.8 Å². The molecule has 0 aromatic heterocycles. The fourth-order valence-electron chi connectivity index (χ4n) is 5.04. The Morgan fingerprint density at radius 3 is 2.47 bits per heavy atom. The molecule has 1 fully saturated rings. The van der Waals surface area contributed by atoms with Gasteiger partial charge in [-0.05, 0) is 71.5 Å². The van der Waals surface area contributed by atoms with Crippen LogP contribution in [0.5, 0.6) is 5.75 Å². The van der Waals surface area contributed by atoms with E-state index < -0.39 is 6.10 Å². The fourth-order valence-corrected chi connectivity index (χ4v) is 5.04. The van der Waals surface area contributed by atoms with Crippen molar-refractivity contribution in [1.82, 2.24) is 5.32 Å². The zero-order valence-electron chi connectivity index (χ0n) is 20.7. The minimum atomic E-state index is -0.441. The van der Waals surface area contributed by atoms with Crippen LogP contribution in [-0.4, -0.2) is 30.9 Å². The number of piperidine rings is 1. The van der Waals surface area contributed by atoms with Crippen LogP contribution in [0.15, 0.2) is 97.1 Å². The average Bonchev–Trinajstić information content (AvgIpc) is 2.95. The van der Waals surface area contributed by atoms with Crippen LogP contribution in [0.25, 0.3) is 10.8 Å². The van der Waals surface area contributed by atoms with Crippen LogP contribution in [0.1, 0.15) is 48.0 Å². The predicted molar refractivity (Wildman–Crippen MR) is 145 cm³/mol. The van der Waals surface area contributed by atoms with E-state index in [2.05, 4.69) is 72.0 Å². The molecule has 4 nitrogen and oxygen atoms in total. The van der Waals surface area contributed by atoms with Gasteiger partial charge in [0, 0.05) is 12.5 Å². The first-order valence-electron chi connectivity index (χ1n) is 13.0. The second-order valence-corrected chi connectivity index (χ2v) is 9.62. The Kier molecular flexibility index (Phi) is 8.29. The number of ether oxygens (including phenoxy) is 2. The monoisotopic (exact) mass is 481 g/mol. The molecule has 3 atom stereocenters. The van der Waals surface area contributed by atoms with Crippen LogP contribution in [0.4, 0.5) is 0 Å². The molecular formula is C32H35NO3. The van der Waals surface area contributed by atoms with Gasteiger partial charge in [0.1, 0.15) is 5.75 Å². The first kappa shape index (κ1) is 24.5. The highest BCUT2D eigenvalue weighted by Gasteiger charge is 2.27. The largest absolute Gasteiger partial charge is 0.494 e. The van der Waals surface area contributed by atoms with Gasteiger partial charge in [-0.25, -0.2) is 0 Å². The van der Waals surface area contributed by atoms with Crippen molar-refractivity contribution in [3.63, 3.8) is 0 Å². The maximum absolute atomic E-state index is 10.3. The lowest BCUT2D eigenvalue weighted by atomic mass is 9.87. The van der Waals surface area contributed by atoms with Crippen LogP contribution in [-0.2, 0) is 11.3 Å². The van der Waals surface area contributed by atoms with Gasteiger partial charge >= 0.3 is 0 Å². The van der Waals surface area contributed by atoms with Crippen molar-refractivity contribution in [2.75, 3.05) is 19.7 Å². The minimum absolute atomic E-state index is 0.136. The van der Waals surface area contributed by atoms with Gasteiger partial charge in [-0.2, -0.15) is 0 Å². The molecule has 0 bridgehead atoms. The lowest BCUT2D eigenvalue weighted by molar-refractivity contribution is 0.0106. The van der Waals surface area contributed by atoms with Gasteiger partial charge in [-0.15, -0.1) is 0 Å². The summed E-state index contributed by atoms with van der Waals surface area (Å²) < 4.78 is 12.4. The molecule has 0 spiro atoms.